The van der Waals surface area contributed by atoms with Gasteiger partial charge in [-0.1, -0.05) is 19.3 Å². The fourth-order valence-electron chi connectivity index (χ4n) is 3.00. The van der Waals surface area contributed by atoms with Crippen LogP contribution < -0.4 is 5.32 Å². The van der Waals surface area contributed by atoms with E-state index in [4.69, 9.17) is 9.84 Å². The van der Waals surface area contributed by atoms with Crippen molar-refractivity contribution in [2.24, 2.45) is 0 Å². The monoisotopic (exact) mass is 241 g/mol. The molecule has 0 amide bonds. The number of carboxylic acids is 1. The highest BCUT2D eigenvalue weighted by molar-refractivity contribution is 5.72. The third-order valence-electron chi connectivity index (χ3n) is 4.13. The van der Waals surface area contributed by atoms with E-state index in [1.807, 2.05) is 0 Å². The van der Waals surface area contributed by atoms with Crippen molar-refractivity contribution in [2.75, 3.05) is 6.54 Å². The molecule has 4 nitrogen and oxygen atoms in total. The van der Waals surface area contributed by atoms with Crippen LogP contribution in [0.1, 0.15) is 51.9 Å². The summed E-state index contributed by atoms with van der Waals surface area (Å²) in [6, 6.07) is -0.485. The van der Waals surface area contributed by atoms with Crippen molar-refractivity contribution >= 4 is 5.97 Å². The van der Waals surface area contributed by atoms with Gasteiger partial charge in [0.2, 0.25) is 0 Å². The number of rotatable bonds is 4. The van der Waals surface area contributed by atoms with Crippen LogP contribution in [0.5, 0.6) is 0 Å². The third-order valence-corrected chi connectivity index (χ3v) is 4.13. The van der Waals surface area contributed by atoms with Gasteiger partial charge in [-0.25, -0.2) is 0 Å². The fourth-order valence-corrected chi connectivity index (χ4v) is 3.00. The van der Waals surface area contributed by atoms with Crippen LogP contribution in [0.25, 0.3) is 0 Å². The average molecular weight is 241 g/mol. The lowest BCUT2D eigenvalue weighted by Crippen LogP contribution is -2.40. The van der Waals surface area contributed by atoms with E-state index < -0.39 is 12.0 Å². The third kappa shape index (κ3) is 3.19. The lowest BCUT2D eigenvalue weighted by molar-refractivity contribution is -0.139. The Hall–Kier alpha value is -0.610. The Morgan fingerprint density at radius 3 is 2.76 bits per heavy atom. The first-order chi connectivity index (χ1) is 8.11. The molecule has 0 aromatic rings. The SMILES string of the molecule is CC(NCC1CCC2(CCCCC2)O1)C(=O)O. The molecular weight excluding hydrogens is 218 g/mol. The molecule has 2 atom stereocenters. The van der Waals surface area contributed by atoms with Gasteiger partial charge in [-0.05, 0) is 32.6 Å². The zero-order chi connectivity index (χ0) is 12.3. The van der Waals surface area contributed by atoms with Gasteiger partial charge >= 0.3 is 5.97 Å². The maximum absolute atomic E-state index is 10.7. The van der Waals surface area contributed by atoms with Gasteiger partial charge in [0.25, 0.3) is 0 Å². The molecule has 1 aliphatic heterocycles. The Kier molecular flexibility index (Phi) is 4.05. The fraction of sp³-hybridized carbons (Fsp3) is 0.923. The molecule has 0 aromatic heterocycles. The summed E-state index contributed by atoms with van der Waals surface area (Å²) >= 11 is 0. The standard InChI is InChI=1S/C13H23NO3/c1-10(12(15)16)14-9-11-5-8-13(17-11)6-3-2-4-7-13/h10-11,14H,2-9H2,1H3,(H,15,16). The van der Waals surface area contributed by atoms with Crippen molar-refractivity contribution in [3.05, 3.63) is 0 Å². The van der Waals surface area contributed by atoms with Gasteiger partial charge < -0.3 is 15.2 Å². The summed E-state index contributed by atoms with van der Waals surface area (Å²) < 4.78 is 6.16. The molecule has 1 heterocycles. The van der Waals surface area contributed by atoms with Crippen molar-refractivity contribution in [3.63, 3.8) is 0 Å². The van der Waals surface area contributed by atoms with E-state index in [1.54, 1.807) is 6.92 Å². The molecule has 1 saturated carbocycles. The highest BCUT2D eigenvalue weighted by Crippen LogP contribution is 2.41. The first-order valence-corrected chi connectivity index (χ1v) is 6.75. The first kappa shape index (κ1) is 12.8. The second kappa shape index (κ2) is 5.36. The molecule has 2 aliphatic rings. The lowest BCUT2D eigenvalue weighted by atomic mass is 9.83. The molecule has 2 rings (SSSR count). The topological polar surface area (TPSA) is 58.6 Å². The Morgan fingerprint density at radius 2 is 2.12 bits per heavy atom. The Morgan fingerprint density at radius 1 is 1.41 bits per heavy atom. The number of nitrogens with one attached hydrogen (secondary N) is 1. The highest BCUT2D eigenvalue weighted by Gasteiger charge is 2.40. The molecule has 1 aliphatic carbocycles. The van der Waals surface area contributed by atoms with E-state index in [2.05, 4.69) is 5.32 Å². The quantitative estimate of drug-likeness (QED) is 0.789. The molecule has 2 unspecified atom stereocenters. The molecule has 1 saturated heterocycles. The van der Waals surface area contributed by atoms with Crippen LogP contribution in [-0.2, 0) is 9.53 Å². The second-order valence-corrected chi connectivity index (χ2v) is 5.49. The van der Waals surface area contributed by atoms with Crippen LogP contribution in [0, 0.1) is 0 Å². The molecule has 17 heavy (non-hydrogen) atoms. The molecule has 2 fully saturated rings. The molecule has 0 aromatic carbocycles. The molecule has 1 spiro atoms. The van der Waals surface area contributed by atoms with Crippen LogP contribution in [0.3, 0.4) is 0 Å². The van der Waals surface area contributed by atoms with Crippen LogP contribution >= 0.6 is 0 Å². The van der Waals surface area contributed by atoms with E-state index in [-0.39, 0.29) is 11.7 Å². The summed E-state index contributed by atoms with van der Waals surface area (Å²) in [6.07, 6.45) is 8.72. The van der Waals surface area contributed by atoms with Gasteiger partial charge in [0.15, 0.2) is 0 Å². The van der Waals surface area contributed by atoms with E-state index in [9.17, 15) is 4.79 Å². The maximum Gasteiger partial charge on any atom is 0.320 e. The summed E-state index contributed by atoms with van der Waals surface area (Å²) in [6.45, 7) is 2.34. The number of hydrogen-bond acceptors (Lipinski definition) is 3. The average Bonchev–Trinajstić information content (AvgIpc) is 2.70. The Balaban J connectivity index is 1.76. The van der Waals surface area contributed by atoms with Crippen molar-refractivity contribution in [2.45, 2.75) is 69.6 Å². The molecule has 0 radical (unpaired) electrons. The van der Waals surface area contributed by atoms with Crippen molar-refractivity contribution in [1.82, 2.24) is 5.32 Å². The highest BCUT2D eigenvalue weighted by atomic mass is 16.5. The normalized spacial score (nSPS) is 29.4. The Bertz CT molecular complexity index is 274. The van der Waals surface area contributed by atoms with E-state index in [0.29, 0.717) is 6.54 Å². The van der Waals surface area contributed by atoms with Crippen LogP contribution in [0.4, 0.5) is 0 Å². The molecule has 4 heteroatoms. The van der Waals surface area contributed by atoms with Crippen LogP contribution in [-0.4, -0.2) is 35.4 Å². The predicted octanol–water partition coefficient (Wildman–Crippen LogP) is 1.93. The van der Waals surface area contributed by atoms with Gasteiger partial charge in [-0.2, -0.15) is 0 Å². The zero-order valence-electron chi connectivity index (χ0n) is 10.6. The summed E-state index contributed by atoms with van der Waals surface area (Å²) in [7, 11) is 0. The number of carbonyl (C=O) groups is 1. The largest absolute Gasteiger partial charge is 0.480 e. The molecule has 98 valence electrons. The summed E-state index contributed by atoms with van der Waals surface area (Å²) in [5, 5.41) is 11.8. The number of carboxylic acid groups (broad SMARTS) is 1. The van der Waals surface area contributed by atoms with Crippen molar-refractivity contribution < 1.29 is 14.6 Å². The minimum atomic E-state index is -0.796. The van der Waals surface area contributed by atoms with E-state index in [0.717, 1.165) is 12.8 Å². The van der Waals surface area contributed by atoms with Crippen molar-refractivity contribution in [3.8, 4) is 0 Å². The molecule has 2 N–H and O–H groups in total. The lowest BCUT2D eigenvalue weighted by Gasteiger charge is -2.33. The second-order valence-electron chi connectivity index (χ2n) is 5.49. The van der Waals surface area contributed by atoms with Crippen molar-refractivity contribution in [1.29, 1.82) is 0 Å². The van der Waals surface area contributed by atoms with E-state index in [1.165, 1.54) is 32.1 Å². The predicted molar refractivity (Wildman–Crippen MR) is 65.0 cm³/mol. The molecular formula is C13H23NO3. The maximum atomic E-state index is 10.7. The number of aliphatic carboxylic acids is 1. The van der Waals surface area contributed by atoms with Gasteiger partial charge in [0.05, 0.1) is 11.7 Å². The van der Waals surface area contributed by atoms with Gasteiger partial charge in [-0.15, -0.1) is 0 Å². The van der Waals surface area contributed by atoms with Gasteiger partial charge in [0.1, 0.15) is 6.04 Å². The smallest absolute Gasteiger partial charge is 0.320 e. The summed E-state index contributed by atoms with van der Waals surface area (Å²) in [5.41, 5.74) is 0.136. The van der Waals surface area contributed by atoms with Gasteiger partial charge in [0, 0.05) is 6.54 Å². The minimum Gasteiger partial charge on any atom is -0.480 e. The van der Waals surface area contributed by atoms with Crippen LogP contribution in [0.2, 0.25) is 0 Å². The molecule has 0 bridgehead atoms. The Labute approximate surface area is 103 Å². The first-order valence-electron chi connectivity index (χ1n) is 6.75. The van der Waals surface area contributed by atoms with E-state index >= 15 is 0 Å². The minimum absolute atomic E-state index is 0.136. The van der Waals surface area contributed by atoms with Gasteiger partial charge in [-0.3, -0.25) is 4.79 Å². The number of hydrogen-bond donors (Lipinski definition) is 2. The number of ether oxygens (including phenoxy) is 1. The summed E-state index contributed by atoms with van der Waals surface area (Å²) in [4.78, 5) is 10.7. The summed E-state index contributed by atoms with van der Waals surface area (Å²) in [5.74, 6) is -0.796. The van der Waals surface area contributed by atoms with Crippen LogP contribution in [0.15, 0.2) is 0 Å². The zero-order valence-corrected chi connectivity index (χ0v) is 10.6.